The highest BCUT2D eigenvalue weighted by atomic mass is 16.1. The minimum absolute atomic E-state index is 0.545. The molecule has 1 aliphatic rings. The van der Waals surface area contributed by atoms with Crippen molar-refractivity contribution in [3.63, 3.8) is 0 Å². The molecule has 0 aliphatic carbocycles. The van der Waals surface area contributed by atoms with E-state index in [1.165, 1.54) is 5.56 Å². The topological polar surface area (TPSA) is 33.2 Å². The Bertz CT molecular complexity index is 336. The summed E-state index contributed by atoms with van der Waals surface area (Å²) in [5.74, 6) is 0. The van der Waals surface area contributed by atoms with E-state index >= 15 is 0 Å². The molecule has 68 valence electrons. The summed E-state index contributed by atoms with van der Waals surface area (Å²) in [7, 11) is 2.09. The summed E-state index contributed by atoms with van der Waals surface area (Å²) < 4.78 is 0. The molecule has 0 radical (unpaired) electrons. The van der Waals surface area contributed by atoms with Crippen molar-refractivity contribution >= 4 is 6.29 Å². The van der Waals surface area contributed by atoms with Crippen LogP contribution in [0.1, 0.15) is 21.7 Å². The number of hydrogen-bond donors (Lipinski definition) is 0. The third-order valence-electron chi connectivity index (χ3n) is 2.38. The Balaban J connectivity index is 2.36. The van der Waals surface area contributed by atoms with Crippen LogP contribution in [0.3, 0.4) is 0 Å². The second kappa shape index (κ2) is 3.26. The summed E-state index contributed by atoms with van der Waals surface area (Å²) in [6.45, 7) is 1.98. The van der Waals surface area contributed by atoms with Crippen molar-refractivity contribution < 1.29 is 4.79 Å². The van der Waals surface area contributed by atoms with Crippen molar-refractivity contribution in [3.05, 3.63) is 29.1 Å². The molecule has 13 heavy (non-hydrogen) atoms. The van der Waals surface area contributed by atoms with Crippen LogP contribution < -0.4 is 0 Å². The van der Waals surface area contributed by atoms with Gasteiger partial charge in [-0.2, -0.15) is 0 Å². The minimum atomic E-state index is 0.545. The summed E-state index contributed by atoms with van der Waals surface area (Å²) >= 11 is 0. The van der Waals surface area contributed by atoms with E-state index in [1.807, 2.05) is 6.07 Å². The molecule has 0 atom stereocenters. The number of aromatic nitrogens is 1. The molecule has 3 heteroatoms. The van der Waals surface area contributed by atoms with E-state index in [9.17, 15) is 4.79 Å². The Morgan fingerprint density at radius 3 is 3.15 bits per heavy atom. The van der Waals surface area contributed by atoms with Crippen LogP contribution >= 0.6 is 0 Å². The van der Waals surface area contributed by atoms with Gasteiger partial charge >= 0.3 is 0 Å². The zero-order valence-electron chi connectivity index (χ0n) is 7.66. The number of pyridine rings is 1. The summed E-state index contributed by atoms with van der Waals surface area (Å²) in [5, 5.41) is 0. The molecule has 3 nitrogen and oxygen atoms in total. The second-order valence-corrected chi connectivity index (χ2v) is 3.45. The Morgan fingerprint density at radius 2 is 2.38 bits per heavy atom. The van der Waals surface area contributed by atoms with E-state index in [0.717, 1.165) is 31.5 Å². The first-order valence-corrected chi connectivity index (χ1v) is 4.42. The van der Waals surface area contributed by atoms with Gasteiger partial charge < -0.3 is 4.90 Å². The van der Waals surface area contributed by atoms with E-state index in [2.05, 4.69) is 16.9 Å². The molecule has 0 saturated carbocycles. The highest BCUT2D eigenvalue weighted by Gasteiger charge is 2.13. The number of aldehydes is 1. The lowest BCUT2D eigenvalue weighted by Gasteiger charge is -2.23. The average Bonchev–Trinajstić information content (AvgIpc) is 2.17. The molecule has 1 aromatic heterocycles. The maximum absolute atomic E-state index is 10.5. The number of carbonyl (C=O) groups is 1. The molecule has 2 rings (SSSR count). The van der Waals surface area contributed by atoms with Gasteiger partial charge in [-0.25, -0.2) is 4.98 Å². The lowest BCUT2D eigenvalue weighted by molar-refractivity contribution is 0.111. The van der Waals surface area contributed by atoms with E-state index in [-0.39, 0.29) is 0 Å². The van der Waals surface area contributed by atoms with Gasteiger partial charge in [-0.15, -0.1) is 0 Å². The fraction of sp³-hybridized carbons (Fsp3) is 0.400. The number of carbonyl (C=O) groups excluding carboxylic acids is 1. The van der Waals surface area contributed by atoms with Crippen LogP contribution in [0.15, 0.2) is 12.1 Å². The maximum atomic E-state index is 10.5. The molecule has 0 saturated heterocycles. The smallest absolute Gasteiger partial charge is 0.168 e. The zero-order chi connectivity index (χ0) is 9.26. The van der Waals surface area contributed by atoms with Gasteiger partial charge in [0.2, 0.25) is 0 Å². The molecule has 0 N–H and O–H groups in total. The summed E-state index contributed by atoms with van der Waals surface area (Å²) in [4.78, 5) is 17.0. The first-order valence-electron chi connectivity index (χ1n) is 4.42. The van der Waals surface area contributed by atoms with Crippen LogP contribution in [0.4, 0.5) is 0 Å². The van der Waals surface area contributed by atoms with Crippen LogP contribution in [0, 0.1) is 0 Å². The van der Waals surface area contributed by atoms with Crippen molar-refractivity contribution in [1.82, 2.24) is 9.88 Å². The first-order chi connectivity index (χ1) is 6.29. The average molecular weight is 176 g/mol. The standard InChI is InChI=1S/C10H12N2O/c1-12-5-4-10-8(6-12)2-3-9(7-13)11-10/h2-3,7H,4-6H2,1H3. The number of fused-ring (bicyclic) bond motifs is 1. The highest BCUT2D eigenvalue weighted by molar-refractivity contribution is 5.71. The number of rotatable bonds is 1. The van der Waals surface area contributed by atoms with Gasteiger partial charge in [0.1, 0.15) is 5.69 Å². The van der Waals surface area contributed by atoms with Gasteiger partial charge in [0, 0.05) is 25.2 Å². The zero-order valence-corrected chi connectivity index (χ0v) is 7.66. The molecule has 1 aliphatic heterocycles. The van der Waals surface area contributed by atoms with Crippen LogP contribution in [0.25, 0.3) is 0 Å². The van der Waals surface area contributed by atoms with Gasteiger partial charge in [0.05, 0.1) is 0 Å². The van der Waals surface area contributed by atoms with Gasteiger partial charge in [0.25, 0.3) is 0 Å². The normalized spacial score (nSPS) is 16.7. The quantitative estimate of drug-likeness (QED) is 0.595. The Morgan fingerprint density at radius 1 is 1.54 bits per heavy atom. The fourth-order valence-electron chi connectivity index (χ4n) is 1.64. The SMILES string of the molecule is CN1CCc2nc(C=O)ccc2C1. The maximum Gasteiger partial charge on any atom is 0.168 e. The highest BCUT2D eigenvalue weighted by Crippen LogP contribution is 2.15. The van der Waals surface area contributed by atoms with Crippen LogP contribution in [0.5, 0.6) is 0 Å². The molecular weight excluding hydrogens is 164 g/mol. The van der Waals surface area contributed by atoms with E-state index in [1.54, 1.807) is 6.07 Å². The molecule has 0 aromatic carbocycles. The predicted octanol–water partition coefficient (Wildman–Crippen LogP) is 0.882. The van der Waals surface area contributed by atoms with Gasteiger partial charge in [0.15, 0.2) is 6.29 Å². The molecule has 0 fully saturated rings. The summed E-state index contributed by atoms with van der Waals surface area (Å²) in [5.41, 5.74) is 2.88. The van der Waals surface area contributed by atoms with Gasteiger partial charge in [-0.1, -0.05) is 6.07 Å². The molecule has 0 spiro atoms. The number of hydrogen-bond acceptors (Lipinski definition) is 3. The predicted molar refractivity (Wildman–Crippen MR) is 49.7 cm³/mol. The van der Waals surface area contributed by atoms with Crippen LogP contribution in [-0.4, -0.2) is 29.8 Å². The monoisotopic (exact) mass is 176 g/mol. The largest absolute Gasteiger partial charge is 0.302 e. The first kappa shape index (κ1) is 8.38. The number of nitrogens with zero attached hydrogens (tertiary/aromatic N) is 2. The molecule has 0 bridgehead atoms. The molecule has 0 amide bonds. The second-order valence-electron chi connectivity index (χ2n) is 3.45. The van der Waals surface area contributed by atoms with Crippen LogP contribution in [0.2, 0.25) is 0 Å². The van der Waals surface area contributed by atoms with Crippen molar-refractivity contribution in [2.45, 2.75) is 13.0 Å². The minimum Gasteiger partial charge on any atom is -0.302 e. The molecular formula is C10H12N2O. The van der Waals surface area contributed by atoms with E-state index < -0.39 is 0 Å². The van der Waals surface area contributed by atoms with Crippen molar-refractivity contribution in [1.29, 1.82) is 0 Å². The Labute approximate surface area is 77.4 Å². The third-order valence-corrected chi connectivity index (χ3v) is 2.38. The van der Waals surface area contributed by atoms with Crippen molar-refractivity contribution in [3.8, 4) is 0 Å². The van der Waals surface area contributed by atoms with Gasteiger partial charge in [-0.05, 0) is 18.7 Å². The fourth-order valence-corrected chi connectivity index (χ4v) is 1.64. The lowest BCUT2D eigenvalue weighted by atomic mass is 10.1. The number of likely N-dealkylation sites (N-methyl/N-ethyl adjacent to an activating group) is 1. The van der Waals surface area contributed by atoms with Crippen molar-refractivity contribution in [2.75, 3.05) is 13.6 Å². The summed E-state index contributed by atoms with van der Waals surface area (Å²) in [6.07, 6.45) is 1.76. The van der Waals surface area contributed by atoms with E-state index in [4.69, 9.17) is 0 Å². The van der Waals surface area contributed by atoms with Crippen LogP contribution in [-0.2, 0) is 13.0 Å². The van der Waals surface area contributed by atoms with Crippen molar-refractivity contribution in [2.24, 2.45) is 0 Å². The third kappa shape index (κ3) is 1.60. The molecule has 2 heterocycles. The molecule has 0 unspecified atom stereocenters. The Kier molecular flexibility index (Phi) is 2.10. The van der Waals surface area contributed by atoms with E-state index in [0.29, 0.717) is 5.69 Å². The summed E-state index contributed by atoms with van der Waals surface area (Å²) in [6, 6.07) is 3.78. The molecule has 1 aromatic rings. The van der Waals surface area contributed by atoms with Gasteiger partial charge in [-0.3, -0.25) is 4.79 Å². The lowest BCUT2D eigenvalue weighted by Crippen LogP contribution is -2.27. The Hall–Kier alpha value is -1.22.